The van der Waals surface area contributed by atoms with Gasteiger partial charge >= 0.3 is 0 Å². The lowest BCUT2D eigenvalue weighted by Crippen LogP contribution is -2.34. The minimum Gasteiger partial charge on any atom is -0.369 e. The van der Waals surface area contributed by atoms with Crippen LogP contribution in [0, 0.1) is 5.82 Å². The van der Waals surface area contributed by atoms with E-state index >= 15 is 0 Å². The van der Waals surface area contributed by atoms with Gasteiger partial charge in [-0.15, -0.1) is 0 Å². The molecule has 3 aromatic rings. The molecule has 1 amide bonds. The first kappa shape index (κ1) is 21.7. The number of amides is 1. The van der Waals surface area contributed by atoms with E-state index in [1.165, 1.54) is 31.4 Å². The van der Waals surface area contributed by atoms with Crippen LogP contribution in [0.4, 0.5) is 15.8 Å². The molecule has 0 bridgehead atoms. The quantitative estimate of drug-likeness (QED) is 0.622. The van der Waals surface area contributed by atoms with E-state index in [-0.39, 0.29) is 17.9 Å². The van der Waals surface area contributed by atoms with Gasteiger partial charge < -0.3 is 10.2 Å². The van der Waals surface area contributed by atoms with Gasteiger partial charge in [0.25, 0.3) is 5.56 Å². The van der Waals surface area contributed by atoms with Crippen molar-refractivity contribution in [2.75, 3.05) is 17.3 Å². The highest BCUT2D eigenvalue weighted by atomic mass is 19.1. The van der Waals surface area contributed by atoms with Crippen molar-refractivity contribution in [3.05, 3.63) is 76.8 Å². The molecule has 6 nitrogen and oxygen atoms in total. The molecule has 166 valence electrons. The number of carbonyl (C=O) groups excluding carboxylic acids is 1. The second kappa shape index (κ2) is 9.77. The zero-order valence-corrected chi connectivity index (χ0v) is 18.1. The van der Waals surface area contributed by atoms with Crippen molar-refractivity contribution in [1.29, 1.82) is 0 Å². The molecular formula is C25H27FN4O2. The van der Waals surface area contributed by atoms with Gasteiger partial charge in [-0.1, -0.05) is 49.6 Å². The summed E-state index contributed by atoms with van der Waals surface area (Å²) >= 11 is 0. The van der Waals surface area contributed by atoms with Crippen LogP contribution < -0.4 is 15.8 Å². The molecule has 0 unspecified atom stereocenters. The van der Waals surface area contributed by atoms with Gasteiger partial charge in [0.2, 0.25) is 5.91 Å². The maximum atomic E-state index is 14.8. The summed E-state index contributed by atoms with van der Waals surface area (Å²) < 4.78 is 15.9. The number of aromatic nitrogens is 2. The second-order valence-corrected chi connectivity index (χ2v) is 8.20. The van der Waals surface area contributed by atoms with Crippen molar-refractivity contribution < 1.29 is 9.18 Å². The number of halogens is 1. The van der Waals surface area contributed by atoms with Crippen LogP contribution in [0.15, 0.2) is 65.5 Å². The van der Waals surface area contributed by atoms with Gasteiger partial charge in [-0.2, -0.15) is 5.10 Å². The molecule has 0 aliphatic heterocycles. The molecule has 1 aromatic heterocycles. The van der Waals surface area contributed by atoms with Crippen molar-refractivity contribution in [1.82, 2.24) is 9.78 Å². The van der Waals surface area contributed by atoms with Crippen LogP contribution in [0.1, 0.15) is 32.1 Å². The summed E-state index contributed by atoms with van der Waals surface area (Å²) in [5.41, 5.74) is 1.94. The SMILES string of the molecule is CN(c1ccc(NC(=O)Cn2nc(-c3ccccc3)ccc2=O)cc1F)C1CCCCC1. The largest absolute Gasteiger partial charge is 0.369 e. The topological polar surface area (TPSA) is 67.2 Å². The first-order chi connectivity index (χ1) is 15.5. The smallest absolute Gasteiger partial charge is 0.267 e. The van der Waals surface area contributed by atoms with Gasteiger partial charge in [-0.25, -0.2) is 9.07 Å². The molecule has 0 saturated heterocycles. The third-order valence-corrected chi connectivity index (χ3v) is 5.96. The minimum atomic E-state index is -0.447. The Bertz CT molecular complexity index is 1140. The Labute approximate surface area is 186 Å². The van der Waals surface area contributed by atoms with Gasteiger partial charge in [0.15, 0.2) is 0 Å². The number of anilines is 2. The monoisotopic (exact) mass is 434 g/mol. The van der Waals surface area contributed by atoms with Gasteiger partial charge in [-0.05, 0) is 37.1 Å². The number of benzene rings is 2. The fraction of sp³-hybridized carbons (Fsp3) is 0.320. The predicted octanol–water partition coefficient (Wildman–Crippen LogP) is 4.46. The van der Waals surface area contributed by atoms with Gasteiger partial charge in [0.1, 0.15) is 12.4 Å². The molecule has 1 heterocycles. The molecule has 1 fully saturated rings. The number of hydrogen-bond donors (Lipinski definition) is 1. The number of rotatable bonds is 6. The molecule has 1 aliphatic rings. The molecule has 7 heteroatoms. The Morgan fingerprint density at radius 2 is 1.84 bits per heavy atom. The highest BCUT2D eigenvalue weighted by Gasteiger charge is 2.21. The van der Waals surface area contributed by atoms with Crippen molar-refractivity contribution in [3.63, 3.8) is 0 Å². The van der Waals surface area contributed by atoms with Crippen molar-refractivity contribution in [3.8, 4) is 11.3 Å². The van der Waals surface area contributed by atoms with Gasteiger partial charge in [0, 0.05) is 30.4 Å². The van der Waals surface area contributed by atoms with Crippen LogP contribution in [0.5, 0.6) is 0 Å². The first-order valence-corrected chi connectivity index (χ1v) is 11.0. The maximum Gasteiger partial charge on any atom is 0.267 e. The molecule has 1 N–H and O–H groups in total. The van der Waals surface area contributed by atoms with E-state index in [0.717, 1.165) is 23.1 Å². The number of nitrogens with zero attached hydrogens (tertiary/aromatic N) is 3. The van der Waals surface area contributed by atoms with Crippen LogP contribution in [0.25, 0.3) is 11.3 Å². The van der Waals surface area contributed by atoms with Gasteiger partial charge in [0.05, 0.1) is 11.4 Å². The zero-order valence-electron chi connectivity index (χ0n) is 18.1. The highest BCUT2D eigenvalue weighted by molar-refractivity contribution is 5.90. The van der Waals surface area contributed by atoms with Crippen LogP contribution in [-0.2, 0) is 11.3 Å². The molecular weight excluding hydrogens is 407 g/mol. The summed E-state index contributed by atoms with van der Waals surface area (Å²) in [6.45, 7) is -0.259. The average Bonchev–Trinajstić information content (AvgIpc) is 2.81. The van der Waals surface area contributed by atoms with Crippen LogP contribution in [0.3, 0.4) is 0 Å². The molecule has 1 saturated carbocycles. The summed E-state index contributed by atoms with van der Waals surface area (Å²) in [6, 6.07) is 17.5. The van der Waals surface area contributed by atoms with E-state index in [2.05, 4.69) is 10.4 Å². The lowest BCUT2D eigenvalue weighted by Gasteiger charge is -2.33. The predicted molar refractivity (Wildman–Crippen MR) is 124 cm³/mol. The average molecular weight is 435 g/mol. The summed E-state index contributed by atoms with van der Waals surface area (Å²) in [7, 11) is 1.92. The summed E-state index contributed by atoms with van der Waals surface area (Å²) in [5.74, 6) is -0.824. The Morgan fingerprint density at radius 1 is 1.09 bits per heavy atom. The van der Waals surface area contributed by atoms with E-state index in [9.17, 15) is 14.0 Å². The Kier molecular flexibility index (Phi) is 6.63. The highest BCUT2D eigenvalue weighted by Crippen LogP contribution is 2.29. The van der Waals surface area contributed by atoms with E-state index in [1.807, 2.05) is 42.3 Å². The Balaban J connectivity index is 1.44. The molecule has 0 radical (unpaired) electrons. The van der Waals surface area contributed by atoms with Crippen molar-refractivity contribution in [2.24, 2.45) is 0 Å². The molecule has 32 heavy (non-hydrogen) atoms. The molecule has 4 rings (SSSR count). The lowest BCUT2D eigenvalue weighted by molar-refractivity contribution is -0.117. The number of hydrogen-bond acceptors (Lipinski definition) is 4. The standard InChI is InChI=1S/C25H27FN4O2/c1-29(20-10-6-3-7-11-20)23-14-12-19(16-21(23)26)27-24(31)17-30-25(32)15-13-22(28-30)18-8-4-2-5-9-18/h2,4-5,8-9,12-16,20H,3,6-7,10-11,17H2,1H3,(H,27,31). The minimum absolute atomic E-state index is 0.259. The zero-order chi connectivity index (χ0) is 22.5. The van der Waals surface area contributed by atoms with E-state index in [0.29, 0.717) is 23.1 Å². The van der Waals surface area contributed by atoms with Gasteiger partial charge in [-0.3, -0.25) is 9.59 Å². The maximum absolute atomic E-state index is 14.8. The summed E-state index contributed by atoms with van der Waals surface area (Å²) in [4.78, 5) is 26.7. The molecule has 2 aromatic carbocycles. The number of nitrogens with one attached hydrogen (secondary N) is 1. The third kappa shape index (κ3) is 5.04. The molecule has 1 aliphatic carbocycles. The summed E-state index contributed by atoms with van der Waals surface area (Å²) in [5, 5.41) is 6.96. The van der Waals surface area contributed by atoms with Crippen LogP contribution >= 0.6 is 0 Å². The van der Waals surface area contributed by atoms with Crippen molar-refractivity contribution in [2.45, 2.75) is 44.7 Å². The van der Waals surface area contributed by atoms with Crippen LogP contribution in [0.2, 0.25) is 0 Å². The Morgan fingerprint density at radius 3 is 2.56 bits per heavy atom. The first-order valence-electron chi connectivity index (χ1n) is 11.0. The number of carbonyl (C=O) groups is 1. The van der Waals surface area contributed by atoms with E-state index in [1.54, 1.807) is 18.2 Å². The fourth-order valence-electron chi connectivity index (χ4n) is 4.20. The lowest BCUT2D eigenvalue weighted by atomic mass is 9.94. The van der Waals surface area contributed by atoms with E-state index < -0.39 is 5.91 Å². The molecule has 0 atom stereocenters. The summed E-state index contributed by atoms with van der Waals surface area (Å²) in [6.07, 6.45) is 5.72. The third-order valence-electron chi connectivity index (χ3n) is 5.96. The van der Waals surface area contributed by atoms with Crippen LogP contribution in [-0.4, -0.2) is 28.8 Å². The van der Waals surface area contributed by atoms with E-state index in [4.69, 9.17) is 0 Å². The molecule has 0 spiro atoms. The Hall–Kier alpha value is -3.48. The second-order valence-electron chi connectivity index (χ2n) is 8.20. The fourth-order valence-corrected chi connectivity index (χ4v) is 4.20. The normalized spacial score (nSPS) is 14.2. The van der Waals surface area contributed by atoms with Crippen molar-refractivity contribution >= 4 is 17.3 Å².